The van der Waals surface area contributed by atoms with Crippen molar-refractivity contribution in [1.29, 1.82) is 0 Å². The largest absolute Gasteiger partial charge is 0.497 e. The number of para-hydroxylation sites is 1. The van der Waals surface area contributed by atoms with Gasteiger partial charge in [-0.15, -0.1) is 0 Å². The molecule has 0 aliphatic carbocycles. The molecule has 0 bridgehead atoms. The average Bonchev–Trinajstić information content (AvgIpc) is 2.82. The molecule has 7 heteroatoms. The van der Waals surface area contributed by atoms with Gasteiger partial charge in [0.05, 0.1) is 17.7 Å². The number of aliphatic imine (C=N–C) groups is 1. The molecule has 164 valence electrons. The van der Waals surface area contributed by atoms with Crippen LogP contribution in [0.4, 0.5) is 5.69 Å². The van der Waals surface area contributed by atoms with E-state index in [1.54, 1.807) is 79.9 Å². The number of ether oxygens (including phenoxy) is 1. The van der Waals surface area contributed by atoms with Crippen LogP contribution in [0.2, 0.25) is 0 Å². The molecule has 1 unspecified atom stereocenters. The van der Waals surface area contributed by atoms with Gasteiger partial charge in [-0.3, -0.25) is 0 Å². The molecular formula is C25H24N2O4S. The monoisotopic (exact) mass is 448 g/mol. The Morgan fingerprint density at radius 3 is 2.22 bits per heavy atom. The molecule has 0 aliphatic heterocycles. The molecule has 0 saturated carbocycles. The lowest BCUT2D eigenvalue weighted by molar-refractivity contribution is 0.238. The Bertz CT molecular complexity index is 1240. The zero-order chi connectivity index (χ0) is 23.1. The Labute approximate surface area is 188 Å². The fourth-order valence-corrected chi connectivity index (χ4v) is 3.90. The summed E-state index contributed by atoms with van der Waals surface area (Å²) < 4.78 is 32.5. The van der Waals surface area contributed by atoms with E-state index in [0.29, 0.717) is 17.0 Å². The van der Waals surface area contributed by atoms with Gasteiger partial charge in [-0.2, -0.15) is 0 Å². The molecule has 1 N–H and O–H groups in total. The summed E-state index contributed by atoms with van der Waals surface area (Å²) in [5.74, 6) is 6.09. The predicted molar refractivity (Wildman–Crippen MR) is 125 cm³/mol. The van der Waals surface area contributed by atoms with Gasteiger partial charge in [-0.05, 0) is 54.8 Å². The Kier molecular flexibility index (Phi) is 7.31. The summed E-state index contributed by atoms with van der Waals surface area (Å²) in [5, 5.41) is 10.5. The third-order valence-corrected chi connectivity index (χ3v) is 6.48. The second-order valence-corrected chi connectivity index (χ2v) is 8.97. The van der Waals surface area contributed by atoms with Gasteiger partial charge in [0.1, 0.15) is 11.9 Å². The molecule has 3 aromatic carbocycles. The van der Waals surface area contributed by atoms with Crippen LogP contribution >= 0.6 is 0 Å². The van der Waals surface area contributed by atoms with Crippen LogP contribution in [0, 0.1) is 18.8 Å². The summed E-state index contributed by atoms with van der Waals surface area (Å²) in [6.07, 6.45) is -1.13. The van der Waals surface area contributed by atoms with Gasteiger partial charge in [0.2, 0.25) is 0 Å². The minimum Gasteiger partial charge on any atom is -0.497 e. The lowest BCUT2D eigenvalue weighted by atomic mass is 10.1. The van der Waals surface area contributed by atoms with Gasteiger partial charge in [0.15, 0.2) is 5.84 Å². The normalized spacial score (nSPS) is 12.4. The highest BCUT2D eigenvalue weighted by molar-refractivity contribution is 7.89. The van der Waals surface area contributed by atoms with Crippen molar-refractivity contribution in [2.45, 2.75) is 17.9 Å². The summed E-state index contributed by atoms with van der Waals surface area (Å²) in [5.41, 5.74) is 2.05. The fourth-order valence-electron chi connectivity index (χ4n) is 2.79. The Hall–Kier alpha value is -3.60. The van der Waals surface area contributed by atoms with Crippen LogP contribution in [0.15, 0.2) is 88.8 Å². The van der Waals surface area contributed by atoms with E-state index >= 15 is 0 Å². The van der Waals surface area contributed by atoms with Crippen LogP contribution in [-0.4, -0.2) is 37.8 Å². The Morgan fingerprint density at radius 2 is 1.62 bits per heavy atom. The second-order valence-electron chi connectivity index (χ2n) is 7.00. The molecule has 6 nitrogen and oxygen atoms in total. The highest BCUT2D eigenvalue weighted by atomic mass is 32.2. The maximum atomic E-state index is 13.2. The maximum absolute atomic E-state index is 13.2. The smallest absolute Gasteiger partial charge is 0.265 e. The number of aryl methyl sites for hydroxylation is 1. The van der Waals surface area contributed by atoms with Crippen molar-refractivity contribution < 1.29 is 18.3 Å². The van der Waals surface area contributed by atoms with E-state index < -0.39 is 16.1 Å². The van der Waals surface area contributed by atoms with Gasteiger partial charge in [-0.1, -0.05) is 53.9 Å². The molecule has 1 atom stereocenters. The third kappa shape index (κ3) is 5.55. The molecule has 0 spiro atoms. The number of benzene rings is 3. The van der Waals surface area contributed by atoms with E-state index in [1.165, 1.54) is 7.05 Å². The number of hydrogen-bond acceptors (Lipinski definition) is 5. The molecule has 0 amide bonds. The first-order chi connectivity index (χ1) is 15.3. The zero-order valence-electron chi connectivity index (χ0n) is 18.1. The third-order valence-electron chi connectivity index (χ3n) is 4.72. The van der Waals surface area contributed by atoms with Crippen LogP contribution in [-0.2, 0) is 10.0 Å². The summed E-state index contributed by atoms with van der Waals surface area (Å²) in [6, 6.07) is 22.3. The predicted octanol–water partition coefficient (Wildman–Crippen LogP) is 4.09. The van der Waals surface area contributed by atoms with Crippen molar-refractivity contribution in [3.05, 3.63) is 90.0 Å². The number of amidine groups is 1. The number of aliphatic hydroxyl groups is 1. The summed E-state index contributed by atoms with van der Waals surface area (Å²) in [4.78, 5) is 4.55. The van der Waals surface area contributed by atoms with Crippen molar-refractivity contribution >= 4 is 21.5 Å². The van der Waals surface area contributed by atoms with E-state index in [9.17, 15) is 13.5 Å². The summed E-state index contributed by atoms with van der Waals surface area (Å²) in [6.45, 7) is 1.88. The van der Waals surface area contributed by atoms with Crippen LogP contribution in [0.1, 0.15) is 17.2 Å². The van der Waals surface area contributed by atoms with E-state index in [-0.39, 0.29) is 10.7 Å². The van der Waals surface area contributed by atoms with E-state index in [2.05, 4.69) is 16.8 Å². The SMILES string of the molecule is COc1ccc(C(O)C#CC(=Nc2ccccc2)N(C)S(=O)(=O)c2ccc(C)cc2)cc1. The van der Waals surface area contributed by atoms with E-state index in [0.717, 1.165) is 9.87 Å². The van der Waals surface area contributed by atoms with Crippen LogP contribution in [0.5, 0.6) is 5.75 Å². The Balaban J connectivity index is 1.98. The fraction of sp³-hybridized carbons (Fsp3) is 0.160. The van der Waals surface area contributed by atoms with Gasteiger partial charge < -0.3 is 9.84 Å². The van der Waals surface area contributed by atoms with Gasteiger partial charge in [0.25, 0.3) is 10.0 Å². The zero-order valence-corrected chi connectivity index (χ0v) is 18.9. The summed E-state index contributed by atoms with van der Waals surface area (Å²) >= 11 is 0. The molecule has 0 aromatic heterocycles. The molecule has 3 rings (SSSR count). The minimum atomic E-state index is -3.89. The molecule has 3 aromatic rings. The number of hydrogen-bond donors (Lipinski definition) is 1. The van der Waals surface area contributed by atoms with E-state index in [1.807, 2.05) is 13.0 Å². The number of sulfonamides is 1. The number of rotatable bonds is 5. The number of aliphatic hydroxyl groups excluding tert-OH is 1. The first-order valence-corrected chi connectivity index (χ1v) is 11.3. The van der Waals surface area contributed by atoms with Crippen molar-refractivity contribution in [2.24, 2.45) is 4.99 Å². The quantitative estimate of drug-likeness (QED) is 0.362. The average molecular weight is 449 g/mol. The van der Waals surface area contributed by atoms with Crippen molar-refractivity contribution in [1.82, 2.24) is 4.31 Å². The molecule has 0 fully saturated rings. The summed E-state index contributed by atoms with van der Waals surface area (Å²) in [7, 11) is -0.943. The second kappa shape index (κ2) is 10.1. The van der Waals surface area contributed by atoms with Gasteiger partial charge >= 0.3 is 0 Å². The maximum Gasteiger partial charge on any atom is 0.265 e. The first-order valence-electron chi connectivity index (χ1n) is 9.84. The van der Waals surface area contributed by atoms with Gasteiger partial charge in [-0.25, -0.2) is 17.7 Å². The molecule has 0 heterocycles. The standard InChI is InChI=1S/C25H24N2O4S/c1-19-9-15-23(16-10-19)32(29,30)27(2)25(26-21-7-5-4-6-8-21)18-17-24(28)20-11-13-22(31-3)14-12-20/h4-16,24,28H,1-3H3. The van der Waals surface area contributed by atoms with Gasteiger partial charge in [0, 0.05) is 7.05 Å². The molecular weight excluding hydrogens is 424 g/mol. The first kappa shape index (κ1) is 23.1. The lowest BCUT2D eigenvalue weighted by Crippen LogP contribution is -2.32. The van der Waals surface area contributed by atoms with Crippen molar-refractivity contribution in [3.63, 3.8) is 0 Å². The number of nitrogens with zero attached hydrogens (tertiary/aromatic N) is 2. The van der Waals surface area contributed by atoms with Crippen LogP contribution in [0.3, 0.4) is 0 Å². The number of methoxy groups -OCH3 is 1. The van der Waals surface area contributed by atoms with Crippen molar-refractivity contribution in [3.8, 4) is 17.6 Å². The highest BCUT2D eigenvalue weighted by Crippen LogP contribution is 2.19. The van der Waals surface area contributed by atoms with Crippen molar-refractivity contribution in [2.75, 3.05) is 14.2 Å². The molecule has 0 saturated heterocycles. The van der Waals surface area contributed by atoms with Crippen LogP contribution in [0.25, 0.3) is 0 Å². The topological polar surface area (TPSA) is 79.2 Å². The van der Waals surface area contributed by atoms with E-state index in [4.69, 9.17) is 4.74 Å². The Morgan fingerprint density at radius 1 is 1.00 bits per heavy atom. The highest BCUT2D eigenvalue weighted by Gasteiger charge is 2.23. The molecule has 0 radical (unpaired) electrons. The lowest BCUT2D eigenvalue weighted by Gasteiger charge is -2.18. The van der Waals surface area contributed by atoms with Crippen LogP contribution < -0.4 is 4.74 Å². The minimum absolute atomic E-state index is 0.00987. The molecule has 32 heavy (non-hydrogen) atoms. The molecule has 0 aliphatic rings.